The molecule has 0 bridgehead atoms. The Balaban J connectivity index is 3.88. The van der Waals surface area contributed by atoms with Gasteiger partial charge in [0, 0.05) is 12.6 Å². The van der Waals surface area contributed by atoms with Gasteiger partial charge in [-0.1, -0.05) is 0 Å². The van der Waals surface area contributed by atoms with Crippen molar-refractivity contribution in [3.8, 4) is 0 Å². The minimum absolute atomic E-state index is 0.240. The van der Waals surface area contributed by atoms with E-state index in [4.69, 9.17) is 9.47 Å². The molecule has 0 saturated carbocycles. The standard InChI is InChI=1S/C13H27NO3S/c1-12(2,3)17-11(15)14-13(4,5)8-7-9-18-10-16-6/h7-10H2,1-6H3,(H,14,15). The molecule has 0 aliphatic rings. The normalized spacial score (nSPS) is 12.3. The molecule has 0 radical (unpaired) electrons. The van der Waals surface area contributed by atoms with Crippen LogP contribution in [-0.4, -0.2) is 36.0 Å². The van der Waals surface area contributed by atoms with Gasteiger partial charge in [-0.05, 0) is 53.2 Å². The van der Waals surface area contributed by atoms with Gasteiger partial charge in [-0.25, -0.2) is 4.79 Å². The number of carbonyl (C=O) groups is 1. The molecule has 0 atom stereocenters. The third-order valence-electron chi connectivity index (χ3n) is 2.13. The predicted molar refractivity (Wildman–Crippen MR) is 77.0 cm³/mol. The molecule has 0 fully saturated rings. The van der Waals surface area contributed by atoms with E-state index in [1.807, 2.05) is 34.6 Å². The number of nitrogens with one attached hydrogen (secondary N) is 1. The Labute approximate surface area is 115 Å². The lowest BCUT2D eigenvalue weighted by Crippen LogP contribution is -2.45. The van der Waals surface area contributed by atoms with Crippen molar-refractivity contribution in [3.63, 3.8) is 0 Å². The zero-order valence-electron chi connectivity index (χ0n) is 12.5. The molecular weight excluding hydrogens is 250 g/mol. The van der Waals surface area contributed by atoms with Crippen LogP contribution in [0.25, 0.3) is 0 Å². The fraction of sp³-hybridized carbons (Fsp3) is 0.923. The molecule has 0 aromatic carbocycles. The molecule has 4 nitrogen and oxygen atoms in total. The second-order valence-corrected chi connectivity index (χ2v) is 6.98. The summed E-state index contributed by atoms with van der Waals surface area (Å²) in [7, 11) is 1.70. The van der Waals surface area contributed by atoms with Crippen LogP contribution in [0, 0.1) is 0 Å². The largest absolute Gasteiger partial charge is 0.444 e. The van der Waals surface area contributed by atoms with E-state index in [0.717, 1.165) is 24.5 Å². The van der Waals surface area contributed by atoms with Crippen LogP contribution in [0.4, 0.5) is 4.79 Å². The average Bonchev–Trinajstić information content (AvgIpc) is 2.12. The van der Waals surface area contributed by atoms with Crippen LogP contribution >= 0.6 is 11.8 Å². The first kappa shape index (κ1) is 17.6. The Hall–Kier alpha value is -0.420. The summed E-state index contributed by atoms with van der Waals surface area (Å²) < 4.78 is 10.2. The van der Waals surface area contributed by atoms with Gasteiger partial charge in [0.15, 0.2) is 0 Å². The van der Waals surface area contributed by atoms with E-state index in [1.54, 1.807) is 18.9 Å². The van der Waals surface area contributed by atoms with Crippen LogP contribution in [0.1, 0.15) is 47.5 Å². The first-order chi connectivity index (χ1) is 8.16. The Morgan fingerprint density at radius 1 is 1.22 bits per heavy atom. The second kappa shape index (κ2) is 7.89. The minimum atomic E-state index is -0.450. The van der Waals surface area contributed by atoms with Gasteiger partial charge in [0.2, 0.25) is 0 Å². The van der Waals surface area contributed by atoms with Crippen molar-refractivity contribution in [1.82, 2.24) is 5.32 Å². The zero-order valence-corrected chi connectivity index (χ0v) is 13.3. The third-order valence-corrected chi connectivity index (χ3v) is 3.11. The van der Waals surface area contributed by atoms with Crippen molar-refractivity contribution >= 4 is 17.9 Å². The van der Waals surface area contributed by atoms with E-state index in [1.165, 1.54) is 0 Å². The lowest BCUT2D eigenvalue weighted by molar-refractivity contribution is 0.0468. The van der Waals surface area contributed by atoms with Gasteiger partial charge in [0.1, 0.15) is 5.60 Å². The van der Waals surface area contributed by atoms with E-state index in [9.17, 15) is 4.79 Å². The van der Waals surface area contributed by atoms with Gasteiger partial charge in [0.05, 0.1) is 5.94 Å². The molecule has 5 heteroatoms. The molecule has 0 unspecified atom stereocenters. The smallest absolute Gasteiger partial charge is 0.408 e. The van der Waals surface area contributed by atoms with Crippen LogP contribution in [0.15, 0.2) is 0 Å². The van der Waals surface area contributed by atoms with Crippen molar-refractivity contribution in [3.05, 3.63) is 0 Å². The number of rotatable bonds is 7. The van der Waals surface area contributed by atoms with Crippen LogP contribution in [0.2, 0.25) is 0 Å². The van der Waals surface area contributed by atoms with Gasteiger partial charge < -0.3 is 14.8 Å². The van der Waals surface area contributed by atoms with Gasteiger partial charge in [-0.3, -0.25) is 0 Å². The number of thioether (sulfide) groups is 1. The molecule has 1 N–H and O–H groups in total. The maximum atomic E-state index is 11.7. The summed E-state index contributed by atoms with van der Waals surface area (Å²) >= 11 is 1.76. The lowest BCUT2D eigenvalue weighted by atomic mass is 9.99. The first-order valence-electron chi connectivity index (χ1n) is 6.24. The maximum absolute atomic E-state index is 11.7. The molecule has 0 aliphatic heterocycles. The number of alkyl carbamates (subject to hydrolysis) is 1. The quantitative estimate of drug-likeness (QED) is 0.572. The van der Waals surface area contributed by atoms with Gasteiger partial charge >= 0.3 is 6.09 Å². The van der Waals surface area contributed by atoms with Gasteiger partial charge in [-0.15, -0.1) is 11.8 Å². The van der Waals surface area contributed by atoms with Crippen LogP contribution in [-0.2, 0) is 9.47 Å². The number of hydrogen-bond acceptors (Lipinski definition) is 4. The molecule has 18 heavy (non-hydrogen) atoms. The third kappa shape index (κ3) is 10.7. The highest BCUT2D eigenvalue weighted by Crippen LogP contribution is 2.16. The number of ether oxygens (including phenoxy) is 2. The Bertz CT molecular complexity index is 249. The molecule has 0 rings (SSSR count). The second-order valence-electron chi connectivity index (χ2n) is 5.93. The molecule has 0 spiro atoms. The summed E-state index contributed by atoms with van der Waals surface area (Å²) in [6.45, 7) is 9.61. The summed E-state index contributed by atoms with van der Waals surface area (Å²) in [6, 6.07) is 0. The molecule has 0 heterocycles. The SMILES string of the molecule is COCSCCCC(C)(C)NC(=O)OC(C)(C)C. The topological polar surface area (TPSA) is 47.6 Å². The number of amides is 1. The fourth-order valence-electron chi connectivity index (χ4n) is 1.40. The van der Waals surface area contributed by atoms with Gasteiger partial charge in [-0.2, -0.15) is 0 Å². The molecule has 0 aromatic rings. The maximum Gasteiger partial charge on any atom is 0.408 e. The first-order valence-corrected chi connectivity index (χ1v) is 7.39. The molecule has 1 amide bonds. The van der Waals surface area contributed by atoms with Crippen molar-refractivity contribution < 1.29 is 14.3 Å². The van der Waals surface area contributed by atoms with Crippen LogP contribution in [0.5, 0.6) is 0 Å². The highest BCUT2D eigenvalue weighted by molar-refractivity contribution is 7.99. The zero-order chi connectivity index (χ0) is 14.2. The highest BCUT2D eigenvalue weighted by Gasteiger charge is 2.23. The highest BCUT2D eigenvalue weighted by atomic mass is 32.2. The predicted octanol–water partition coefficient (Wildman–Crippen LogP) is 3.41. The fourth-order valence-corrected chi connectivity index (χ4v) is 2.03. The average molecular weight is 277 g/mol. The van der Waals surface area contributed by atoms with E-state index in [0.29, 0.717) is 0 Å². The monoisotopic (exact) mass is 277 g/mol. The van der Waals surface area contributed by atoms with Crippen molar-refractivity contribution in [2.75, 3.05) is 18.8 Å². The van der Waals surface area contributed by atoms with E-state index in [-0.39, 0.29) is 11.6 Å². The van der Waals surface area contributed by atoms with Crippen LogP contribution < -0.4 is 5.32 Å². The minimum Gasteiger partial charge on any atom is -0.444 e. The lowest BCUT2D eigenvalue weighted by Gasteiger charge is -2.28. The number of hydrogen-bond donors (Lipinski definition) is 1. The van der Waals surface area contributed by atoms with Crippen LogP contribution in [0.3, 0.4) is 0 Å². The van der Waals surface area contributed by atoms with Crippen molar-refractivity contribution in [2.24, 2.45) is 0 Å². The Kier molecular flexibility index (Phi) is 7.71. The van der Waals surface area contributed by atoms with E-state index >= 15 is 0 Å². The molecule has 0 aliphatic carbocycles. The number of methoxy groups -OCH3 is 1. The molecular formula is C13H27NO3S. The van der Waals surface area contributed by atoms with Gasteiger partial charge in [0.25, 0.3) is 0 Å². The summed E-state index contributed by atoms with van der Waals surface area (Å²) in [5.74, 6) is 1.76. The summed E-state index contributed by atoms with van der Waals surface area (Å²) in [5.41, 5.74) is -0.690. The summed E-state index contributed by atoms with van der Waals surface area (Å²) in [5, 5.41) is 2.90. The summed E-state index contributed by atoms with van der Waals surface area (Å²) in [4.78, 5) is 11.7. The number of carbonyl (C=O) groups excluding carboxylic acids is 1. The molecule has 0 aromatic heterocycles. The summed E-state index contributed by atoms with van der Waals surface area (Å²) in [6.07, 6.45) is 1.61. The molecule has 0 saturated heterocycles. The van der Waals surface area contributed by atoms with E-state index in [2.05, 4.69) is 5.32 Å². The Morgan fingerprint density at radius 2 is 1.83 bits per heavy atom. The van der Waals surface area contributed by atoms with E-state index < -0.39 is 5.60 Å². The Morgan fingerprint density at radius 3 is 2.33 bits per heavy atom. The van der Waals surface area contributed by atoms with Crippen molar-refractivity contribution in [2.45, 2.75) is 58.6 Å². The van der Waals surface area contributed by atoms with Crippen molar-refractivity contribution in [1.29, 1.82) is 0 Å². The molecule has 108 valence electrons.